The molecule has 0 spiro atoms. The summed E-state index contributed by atoms with van der Waals surface area (Å²) in [5, 5.41) is 7.21. The topological polar surface area (TPSA) is 61.0 Å². The van der Waals surface area contributed by atoms with Gasteiger partial charge in [0.05, 0.1) is 12.4 Å². The van der Waals surface area contributed by atoms with Crippen molar-refractivity contribution >= 4 is 12.4 Å². The summed E-state index contributed by atoms with van der Waals surface area (Å²) in [4.78, 5) is 0. The minimum absolute atomic E-state index is 0. The Balaban J connectivity index is 0.000001000. The van der Waals surface area contributed by atoms with Gasteiger partial charge < -0.3 is 10.5 Å². The SMILES string of the molecule is Cl.NCCOc1ccnnc1. The Morgan fingerprint density at radius 3 is 2.82 bits per heavy atom. The van der Waals surface area contributed by atoms with Crippen LogP contribution in [-0.4, -0.2) is 23.3 Å². The van der Waals surface area contributed by atoms with Crippen molar-refractivity contribution in [2.24, 2.45) is 5.73 Å². The van der Waals surface area contributed by atoms with Crippen molar-refractivity contribution in [2.75, 3.05) is 13.2 Å². The summed E-state index contributed by atoms with van der Waals surface area (Å²) < 4.78 is 5.13. The number of hydrogen-bond donors (Lipinski definition) is 1. The zero-order valence-electron chi connectivity index (χ0n) is 5.93. The van der Waals surface area contributed by atoms with Crippen LogP contribution in [0.3, 0.4) is 0 Å². The minimum Gasteiger partial charge on any atom is -0.491 e. The summed E-state index contributed by atoms with van der Waals surface area (Å²) in [6.07, 6.45) is 3.13. The quantitative estimate of drug-likeness (QED) is 0.715. The highest BCUT2D eigenvalue weighted by Gasteiger charge is 1.88. The van der Waals surface area contributed by atoms with Crippen LogP contribution in [0.15, 0.2) is 18.5 Å². The number of ether oxygens (including phenoxy) is 1. The van der Waals surface area contributed by atoms with E-state index < -0.39 is 0 Å². The largest absolute Gasteiger partial charge is 0.491 e. The number of nitrogens with two attached hydrogens (primary N) is 1. The van der Waals surface area contributed by atoms with Gasteiger partial charge in [0.1, 0.15) is 12.4 Å². The Morgan fingerprint density at radius 1 is 1.45 bits per heavy atom. The van der Waals surface area contributed by atoms with Gasteiger partial charge in [-0.15, -0.1) is 12.4 Å². The lowest BCUT2D eigenvalue weighted by atomic mass is 10.5. The van der Waals surface area contributed by atoms with Crippen LogP contribution in [0, 0.1) is 0 Å². The molecule has 0 radical (unpaired) electrons. The van der Waals surface area contributed by atoms with Crippen molar-refractivity contribution < 1.29 is 4.74 Å². The smallest absolute Gasteiger partial charge is 0.141 e. The second-order valence-corrected chi connectivity index (χ2v) is 1.72. The molecule has 0 bridgehead atoms. The molecule has 0 unspecified atom stereocenters. The molecular formula is C6H10ClN3O. The average molecular weight is 176 g/mol. The molecule has 1 heterocycles. The van der Waals surface area contributed by atoms with Gasteiger partial charge in [-0.25, -0.2) is 0 Å². The van der Waals surface area contributed by atoms with Crippen LogP contribution in [-0.2, 0) is 0 Å². The number of rotatable bonds is 3. The molecule has 1 aromatic heterocycles. The molecule has 0 aliphatic carbocycles. The summed E-state index contributed by atoms with van der Waals surface area (Å²) >= 11 is 0. The Bertz CT molecular complexity index is 182. The lowest BCUT2D eigenvalue weighted by Crippen LogP contribution is -2.10. The molecule has 62 valence electrons. The predicted molar refractivity (Wildman–Crippen MR) is 43.8 cm³/mol. The Labute approximate surface area is 71.2 Å². The standard InChI is InChI=1S/C6H9N3O.ClH/c7-2-4-10-6-1-3-8-9-5-6;/h1,3,5H,2,4,7H2;1H. The lowest BCUT2D eigenvalue weighted by Gasteiger charge is -2.00. The summed E-state index contributed by atoms with van der Waals surface area (Å²) in [6.45, 7) is 1.04. The van der Waals surface area contributed by atoms with E-state index in [1.807, 2.05) is 0 Å². The summed E-state index contributed by atoms with van der Waals surface area (Å²) in [7, 11) is 0. The van der Waals surface area contributed by atoms with Crippen molar-refractivity contribution in [2.45, 2.75) is 0 Å². The second kappa shape index (κ2) is 5.88. The zero-order chi connectivity index (χ0) is 7.23. The molecule has 11 heavy (non-hydrogen) atoms. The van der Waals surface area contributed by atoms with Gasteiger partial charge in [-0.05, 0) is 0 Å². The second-order valence-electron chi connectivity index (χ2n) is 1.72. The van der Waals surface area contributed by atoms with E-state index in [0.717, 1.165) is 0 Å². The Morgan fingerprint density at radius 2 is 2.27 bits per heavy atom. The van der Waals surface area contributed by atoms with Gasteiger partial charge >= 0.3 is 0 Å². The molecule has 0 aliphatic rings. The van der Waals surface area contributed by atoms with Gasteiger partial charge in [-0.2, -0.15) is 10.2 Å². The van der Waals surface area contributed by atoms with Crippen LogP contribution in [0.5, 0.6) is 5.75 Å². The van der Waals surface area contributed by atoms with Gasteiger partial charge in [0.2, 0.25) is 0 Å². The first-order chi connectivity index (χ1) is 4.93. The molecule has 1 aromatic rings. The molecule has 5 heteroatoms. The molecule has 0 saturated heterocycles. The first-order valence-corrected chi connectivity index (χ1v) is 3.03. The molecule has 0 aliphatic heterocycles. The van der Waals surface area contributed by atoms with Crippen LogP contribution in [0.4, 0.5) is 0 Å². The first kappa shape index (κ1) is 10.1. The fourth-order valence-corrected chi connectivity index (χ4v) is 0.541. The third-order valence-corrected chi connectivity index (χ3v) is 0.944. The van der Waals surface area contributed by atoms with Crippen molar-refractivity contribution in [1.82, 2.24) is 10.2 Å². The number of halogens is 1. The third kappa shape index (κ3) is 3.75. The maximum absolute atomic E-state index is 5.22. The molecule has 2 N–H and O–H groups in total. The van der Waals surface area contributed by atoms with Crippen molar-refractivity contribution in [1.29, 1.82) is 0 Å². The Hall–Kier alpha value is -0.870. The van der Waals surface area contributed by atoms with Gasteiger partial charge in [-0.3, -0.25) is 0 Å². The molecule has 4 nitrogen and oxygen atoms in total. The average Bonchev–Trinajstić information content (AvgIpc) is 2.03. The number of aromatic nitrogens is 2. The monoisotopic (exact) mass is 175 g/mol. The van der Waals surface area contributed by atoms with E-state index in [0.29, 0.717) is 18.9 Å². The van der Waals surface area contributed by atoms with E-state index >= 15 is 0 Å². The normalized spacial score (nSPS) is 8.45. The van der Waals surface area contributed by atoms with E-state index in [1.165, 1.54) is 0 Å². The number of nitrogens with zero attached hydrogens (tertiary/aromatic N) is 2. The third-order valence-electron chi connectivity index (χ3n) is 0.944. The van der Waals surface area contributed by atoms with Gasteiger partial charge in [0.25, 0.3) is 0 Å². The molecule has 1 rings (SSSR count). The summed E-state index contributed by atoms with van der Waals surface area (Å²) in [6, 6.07) is 1.74. The fraction of sp³-hybridized carbons (Fsp3) is 0.333. The van der Waals surface area contributed by atoms with E-state index in [2.05, 4.69) is 10.2 Å². The lowest BCUT2D eigenvalue weighted by molar-refractivity contribution is 0.326. The number of hydrogen-bond acceptors (Lipinski definition) is 4. The maximum atomic E-state index is 5.22. The van der Waals surface area contributed by atoms with Crippen LogP contribution in [0.25, 0.3) is 0 Å². The summed E-state index contributed by atoms with van der Waals surface area (Å²) in [5.74, 6) is 0.709. The van der Waals surface area contributed by atoms with E-state index in [9.17, 15) is 0 Å². The van der Waals surface area contributed by atoms with E-state index in [-0.39, 0.29) is 12.4 Å². The minimum atomic E-state index is 0. The highest BCUT2D eigenvalue weighted by molar-refractivity contribution is 5.85. The van der Waals surface area contributed by atoms with Crippen molar-refractivity contribution in [3.8, 4) is 5.75 Å². The van der Waals surface area contributed by atoms with E-state index in [1.54, 1.807) is 18.5 Å². The molecule has 0 saturated carbocycles. The van der Waals surface area contributed by atoms with Gasteiger partial charge in [0.15, 0.2) is 0 Å². The van der Waals surface area contributed by atoms with Crippen LogP contribution in [0.2, 0.25) is 0 Å². The Kier molecular flexibility index (Phi) is 5.42. The van der Waals surface area contributed by atoms with Crippen molar-refractivity contribution in [3.05, 3.63) is 18.5 Å². The van der Waals surface area contributed by atoms with Crippen molar-refractivity contribution in [3.63, 3.8) is 0 Å². The molecule has 0 atom stereocenters. The fourth-order valence-electron chi connectivity index (χ4n) is 0.541. The zero-order valence-corrected chi connectivity index (χ0v) is 6.75. The van der Waals surface area contributed by atoms with E-state index in [4.69, 9.17) is 10.5 Å². The van der Waals surface area contributed by atoms with Crippen LogP contribution in [0.1, 0.15) is 0 Å². The predicted octanol–water partition coefficient (Wildman–Crippen LogP) is 0.236. The van der Waals surface area contributed by atoms with Gasteiger partial charge in [0, 0.05) is 12.6 Å². The molecule has 0 amide bonds. The van der Waals surface area contributed by atoms with Crippen LogP contribution < -0.4 is 10.5 Å². The van der Waals surface area contributed by atoms with Gasteiger partial charge in [-0.1, -0.05) is 0 Å². The molecular weight excluding hydrogens is 166 g/mol. The highest BCUT2D eigenvalue weighted by atomic mass is 35.5. The molecule has 0 aromatic carbocycles. The maximum Gasteiger partial charge on any atom is 0.141 e. The highest BCUT2D eigenvalue weighted by Crippen LogP contribution is 2.03. The van der Waals surface area contributed by atoms with Crippen LogP contribution >= 0.6 is 12.4 Å². The summed E-state index contributed by atoms with van der Waals surface area (Å²) in [5.41, 5.74) is 5.22. The molecule has 0 fully saturated rings. The first-order valence-electron chi connectivity index (χ1n) is 3.03.